The van der Waals surface area contributed by atoms with E-state index in [1.54, 1.807) is 27.7 Å². The van der Waals surface area contributed by atoms with Gasteiger partial charge in [-0.1, -0.05) is 109 Å². The summed E-state index contributed by atoms with van der Waals surface area (Å²) in [5.41, 5.74) is 4.70. The second kappa shape index (κ2) is 26.4. The van der Waals surface area contributed by atoms with E-state index in [4.69, 9.17) is 31.8 Å². The first-order valence-corrected chi connectivity index (χ1v) is 21.6. The predicted octanol–water partition coefficient (Wildman–Crippen LogP) is 9.20. The van der Waals surface area contributed by atoms with Crippen LogP contribution in [0.25, 0.3) is 11.1 Å². The molecule has 5 aromatic rings. The van der Waals surface area contributed by atoms with Crippen molar-refractivity contribution in [2.45, 2.75) is 53.4 Å². The molecule has 0 aromatic heterocycles. The van der Waals surface area contributed by atoms with Gasteiger partial charge >= 0.3 is 23.9 Å². The second-order valence-electron chi connectivity index (χ2n) is 14.5. The summed E-state index contributed by atoms with van der Waals surface area (Å²) in [4.78, 5) is 49.6. The summed E-state index contributed by atoms with van der Waals surface area (Å²) in [5, 5.41) is 0. The number of carbonyl (C=O) groups is 4. The lowest BCUT2D eigenvalue weighted by Crippen LogP contribution is -2.43. The van der Waals surface area contributed by atoms with Gasteiger partial charge in [0, 0.05) is 35.1 Å². The molecule has 0 saturated heterocycles. The van der Waals surface area contributed by atoms with Gasteiger partial charge in [0.15, 0.2) is 10.8 Å². The van der Waals surface area contributed by atoms with Crippen LogP contribution in [0.5, 0.6) is 0 Å². The van der Waals surface area contributed by atoms with Gasteiger partial charge < -0.3 is 18.9 Å². The first-order chi connectivity index (χ1) is 32.1. The zero-order valence-electron chi connectivity index (χ0n) is 37.8. The highest BCUT2D eigenvalue weighted by molar-refractivity contribution is 6.02. The quantitative estimate of drug-likeness (QED) is 0.0560. The number of esters is 4. The van der Waals surface area contributed by atoms with Crippen LogP contribution >= 0.6 is 0 Å². The molecule has 0 bridgehead atoms. The smallest absolute Gasteiger partial charge is 0.325 e. The first kappa shape index (κ1) is 50.4. The Morgan fingerprint density at radius 3 is 1.29 bits per heavy atom. The zero-order chi connectivity index (χ0) is 47.6. The van der Waals surface area contributed by atoms with Gasteiger partial charge in [0.25, 0.3) is 0 Å². The summed E-state index contributed by atoms with van der Waals surface area (Å²) < 4.78 is 20.3. The fourth-order valence-electron chi connectivity index (χ4n) is 6.83. The molecule has 332 valence electrons. The van der Waals surface area contributed by atoms with Gasteiger partial charge in [-0.2, -0.15) is 0 Å². The van der Waals surface area contributed by atoms with Crippen molar-refractivity contribution in [3.05, 3.63) is 167 Å². The number of fused-ring (bicyclic) bond motifs is 1. The van der Waals surface area contributed by atoms with E-state index in [9.17, 15) is 19.2 Å². The van der Waals surface area contributed by atoms with Gasteiger partial charge in [0.1, 0.15) is 0 Å². The largest absolute Gasteiger partial charge is 0.465 e. The highest BCUT2D eigenvalue weighted by Gasteiger charge is 2.53. The van der Waals surface area contributed by atoms with Gasteiger partial charge in [-0.05, 0) is 123 Å². The maximum absolute atomic E-state index is 13.0. The van der Waals surface area contributed by atoms with Crippen molar-refractivity contribution >= 4 is 23.9 Å². The molecule has 0 aliphatic heterocycles. The monoisotopic (exact) mass is 876 g/mol. The van der Waals surface area contributed by atoms with Crippen molar-refractivity contribution in [3.63, 3.8) is 0 Å². The molecule has 0 heterocycles. The molecule has 0 atom stereocenters. The highest BCUT2D eigenvalue weighted by Crippen LogP contribution is 2.42. The van der Waals surface area contributed by atoms with Crippen molar-refractivity contribution in [1.29, 1.82) is 0 Å². The molecule has 0 spiro atoms. The summed E-state index contributed by atoms with van der Waals surface area (Å²) in [7, 11) is 0. The van der Waals surface area contributed by atoms with E-state index in [1.165, 1.54) is 0 Å². The summed E-state index contributed by atoms with van der Waals surface area (Å²) in [6.07, 6.45) is 10.6. The number of ether oxygens (including phenoxy) is 4. The standard InChI is InChI=1S/C29H26O4.C16H10.C13H16O4/c1-3-32-27(30)29(28(31)33-4-2)19-24-17-23(16-15-21-11-7-5-8-12-21)26(18-25(24)20-29)22-13-9-6-10-14-22;1-3-9-15(10-4-1)13-7-8-14-16-11-5-2-6-12-16;1-5-9-13(10-6-2,11(14)16-7-3)12(15)17-8-4/h5-14,17-18H,3-4,19-20H2,1-2H3;1-6,9-12H;1-2H,7-10H2,3-4H3. The van der Waals surface area contributed by atoms with E-state index < -0.39 is 34.7 Å². The third-order valence-corrected chi connectivity index (χ3v) is 10.0. The number of carbonyl (C=O) groups excluding carboxylic acids is 4. The minimum absolute atomic E-state index is 0.130. The Kier molecular flexibility index (Phi) is 20.2. The van der Waals surface area contributed by atoms with E-state index in [1.807, 2.05) is 127 Å². The number of hydrogen-bond donors (Lipinski definition) is 0. The van der Waals surface area contributed by atoms with Crippen LogP contribution < -0.4 is 0 Å². The lowest BCUT2D eigenvalue weighted by atomic mass is 9.81. The molecule has 0 fully saturated rings. The molecule has 8 nitrogen and oxygen atoms in total. The Morgan fingerprint density at radius 1 is 0.515 bits per heavy atom. The van der Waals surface area contributed by atoms with Crippen molar-refractivity contribution in [1.82, 2.24) is 0 Å². The molecule has 0 saturated carbocycles. The van der Waals surface area contributed by atoms with E-state index in [-0.39, 0.29) is 52.1 Å². The normalized spacial score (nSPS) is 11.2. The molecule has 1 aliphatic rings. The Hall–Kier alpha value is -8.22. The molecule has 0 N–H and O–H groups in total. The topological polar surface area (TPSA) is 105 Å². The van der Waals surface area contributed by atoms with Crippen LogP contribution in [0.15, 0.2) is 133 Å². The van der Waals surface area contributed by atoms with Gasteiger partial charge in [0.2, 0.25) is 0 Å². The SMILES string of the molecule is C#CCC(CC#C)(C(=O)OCC)C(=O)OCC.C(C#Cc1ccccc1)#Cc1ccccc1.CCOC(=O)C1(C(=O)OCC)Cc2cc(C#Cc3ccccc3)c(-c3ccccc3)cc2C1. The van der Waals surface area contributed by atoms with Crippen LogP contribution in [-0.4, -0.2) is 50.3 Å². The van der Waals surface area contributed by atoms with Crippen molar-refractivity contribution in [2.24, 2.45) is 10.8 Å². The van der Waals surface area contributed by atoms with Crippen molar-refractivity contribution in [3.8, 4) is 71.3 Å². The Morgan fingerprint density at radius 2 is 0.894 bits per heavy atom. The molecule has 6 rings (SSSR count). The third-order valence-electron chi connectivity index (χ3n) is 10.0. The molecule has 66 heavy (non-hydrogen) atoms. The zero-order valence-corrected chi connectivity index (χ0v) is 37.8. The third kappa shape index (κ3) is 13.9. The Balaban J connectivity index is 0.000000243. The molecule has 0 unspecified atom stereocenters. The van der Waals surface area contributed by atoms with E-state index in [2.05, 4.69) is 53.4 Å². The summed E-state index contributed by atoms with van der Waals surface area (Å²) in [5.74, 6) is 20.2. The average Bonchev–Trinajstić information content (AvgIpc) is 3.74. The van der Waals surface area contributed by atoms with Crippen LogP contribution in [0.4, 0.5) is 0 Å². The van der Waals surface area contributed by atoms with Crippen molar-refractivity contribution < 1.29 is 38.1 Å². The van der Waals surface area contributed by atoms with Crippen LogP contribution in [0.2, 0.25) is 0 Å². The summed E-state index contributed by atoms with van der Waals surface area (Å²) in [6.45, 7) is 7.47. The molecule has 5 aromatic carbocycles. The summed E-state index contributed by atoms with van der Waals surface area (Å²) in [6, 6.07) is 43.6. The van der Waals surface area contributed by atoms with E-state index >= 15 is 0 Å². The molecule has 8 heteroatoms. The van der Waals surface area contributed by atoms with Gasteiger partial charge in [0.05, 0.1) is 26.4 Å². The summed E-state index contributed by atoms with van der Waals surface area (Å²) >= 11 is 0. The van der Waals surface area contributed by atoms with Gasteiger partial charge in [-0.15, -0.1) is 24.7 Å². The number of benzene rings is 5. The number of terminal acetylenes is 2. The molecular weight excluding hydrogens is 825 g/mol. The van der Waals surface area contributed by atoms with Crippen LogP contribution in [0, 0.1) is 71.0 Å². The van der Waals surface area contributed by atoms with Crippen molar-refractivity contribution in [2.75, 3.05) is 26.4 Å². The first-order valence-electron chi connectivity index (χ1n) is 21.6. The minimum Gasteiger partial charge on any atom is -0.465 e. The molecule has 0 radical (unpaired) electrons. The van der Waals surface area contributed by atoms with Crippen LogP contribution in [0.3, 0.4) is 0 Å². The lowest BCUT2D eigenvalue weighted by Gasteiger charge is -2.25. The maximum Gasteiger partial charge on any atom is 0.325 e. The molecular formula is C58H52O8. The fourth-order valence-corrected chi connectivity index (χ4v) is 6.83. The Labute approximate surface area is 389 Å². The van der Waals surface area contributed by atoms with Crippen LogP contribution in [0.1, 0.15) is 73.9 Å². The minimum atomic E-state index is -1.57. The van der Waals surface area contributed by atoms with Gasteiger partial charge in [-0.3, -0.25) is 19.2 Å². The van der Waals surface area contributed by atoms with Gasteiger partial charge in [-0.25, -0.2) is 0 Å². The molecule has 0 amide bonds. The highest BCUT2D eigenvalue weighted by atomic mass is 16.6. The Bertz CT molecular complexity index is 2580. The van der Waals surface area contributed by atoms with Crippen LogP contribution in [-0.2, 0) is 51.0 Å². The lowest BCUT2D eigenvalue weighted by molar-refractivity contribution is -0.173. The predicted molar refractivity (Wildman–Crippen MR) is 257 cm³/mol. The average molecular weight is 877 g/mol. The van der Waals surface area contributed by atoms with E-state index in [0.717, 1.165) is 44.5 Å². The number of hydrogen-bond acceptors (Lipinski definition) is 8. The maximum atomic E-state index is 13.0. The molecule has 1 aliphatic carbocycles. The fraction of sp³-hybridized carbons (Fsp3) is 0.241. The number of rotatable bonds is 11. The second-order valence-corrected chi connectivity index (χ2v) is 14.5. The van der Waals surface area contributed by atoms with E-state index in [0.29, 0.717) is 0 Å².